The molecule has 1 saturated carbocycles. The quantitative estimate of drug-likeness (QED) is 0.638. The predicted molar refractivity (Wildman–Crippen MR) is 125 cm³/mol. The fourth-order valence-electron chi connectivity index (χ4n) is 5.68. The van der Waals surface area contributed by atoms with Gasteiger partial charge in [0.1, 0.15) is 5.82 Å². The fourth-order valence-corrected chi connectivity index (χ4v) is 5.68. The second kappa shape index (κ2) is 7.93. The monoisotopic (exact) mass is 449 g/mol. The average molecular weight is 450 g/mol. The van der Waals surface area contributed by atoms with Crippen LogP contribution in [0.3, 0.4) is 0 Å². The summed E-state index contributed by atoms with van der Waals surface area (Å²) in [5.41, 5.74) is 7.98. The Kier molecular flexibility index (Phi) is 5.01. The number of nitrogens with one attached hydrogen (secondary N) is 2. The van der Waals surface area contributed by atoms with E-state index in [1.54, 1.807) is 12.3 Å². The topological polar surface area (TPSA) is 109 Å². The lowest BCUT2D eigenvalue weighted by molar-refractivity contribution is 0.0718. The summed E-state index contributed by atoms with van der Waals surface area (Å²) >= 11 is 0. The molecule has 9 nitrogen and oxygen atoms in total. The van der Waals surface area contributed by atoms with Gasteiger partial charge in [-0.1, -0.05) is 12.1 Å². The number of benzene rings is 1. The largest absolute Gasteiger partial charge is 0.354 e. The fraction of sp³-hybridized carbons (Fsp3) is 0.542. The molecule has 4 N–H and O–H groups in total. The van der Waals surface area contributed by atoms with Crippen molar-refractivity contribution in [2.75, 3.05) is 44.6 Å². The van der Waals surface area contributed by atoms with Gasteiger partial charge in [-0.2, -0.15) is 4.98 Å². The van der Waals surface area contributed by atoms with Gasteiger partial charge in [0, 0.05) is 58.1 Å². The third kappa shape index (κ3) is 3.94. The molecular weight excluding hydrogens is 418 g/mol. The highest BCUT2D eigenvalue weighted by Crippen LogP contribution is 2.44. The van der Waals surface area contributed by atoms with Crippen molar-refractivity contribution in [3.05, 3.63) is 52.6 Å². The summed E-state index contributed by atoms with van der Waals surface area (Å²) in [5.74, 6) is 1.65. The maximum atomic E-state index is 12.6. The van der Waals surface area contributed by atoms with Crippen molar-refractivity contribution in [2.45, 2.75) is 25.4 Å². The van der Waals surface area contributed by atoms with E-state index in [4.69, 9.17) is 5.73 Å². The molecule has 33 heavy (non-hydrogen) atoms. The number of hydrogen-bond donors (Lipinski definition) is 3. The Hall–Kier alpha value is -2.75. The van der Waals surface area contributed by atoms with Crippen LogP contribution in [0, 0.1) is 17.3 Å². The molecule has 2 aromatic rings. The molecule has 9 heteroatoms. The second-order valence-corrected chi connectivity index (χ2v) is 10.3. The minimum atomic E-state index is -0.410. The smallest absolute Gasteiger partial charge is 0.327 e. The molecule has 1 spiro atoms. The summed E-state index contributed by atoms with van der Waals surface area (Å²) in [6.07, 6.45) is 3.70. The Morgan fingerprint density at radius 2 is 1.82 bits per heavy atom. The van der Waals surface area contributed by atoms with Gasteiger partial charge in [0.2, 0.25) is 0 Å². The number of urea groups is 1. The van der Waals surface area contributed by atoms with E-state index in [9.17, 15) is 9.59 Å². The lowest BCUT2D eigenvalue weighted by Gasteiger charge is -2.48. The standard InChI is InChI=1S/C24H31N7O2/c25-21-18-12-29(13-19(18)21)11-16-1-3-17(4-2-16)31-8-5-20(28-23(31)33)27-22(32)30-9-6-24(7-10-30)14-26-15-24/h1-5,8,18-19,21,26H,6-7,9-15,25H2,(H,27,28,32,33)/t18-,19+,21?. The van der Waals surface area contributed by atoms with Crippen LogP contribution in [0.15, 0.2) is 41.3 Å². The number of aromatic nitrogens is 2. The molecule has 6 rings (SSSR count). The van der Waals surface area contributed by atoms with Gasteiger partial charge in [0.15, 0.2) is 0 Å². The number of fused-ring (bicyclic) bond motifs is 1. The lowest BCUT2D eigenvalue weighted by atomic mass is 9.73. The Labute approximate surface area is 193 Å². The van der Waals surface area contributed by atoms with Crippen molar-refractivity contribution in [1.82, 2.24) is 24.7 Å². The molecule has 1 aromatic heterocycles. The van der Waals surface area contributed by atoms with Gasteiger partial charge >= 0.3 is 11.7 Å². The first-order valence-corrected chi connectivity index (χ1v) is 11.9. The number of rotatable bonds is 4. The summed E-state index contributed by atoms with van der Waals surface area (Å²) < 4.78 is 1.50. The number of amides is 2. The minimum Gasteiger partial charge on any atom is -0.327 e. The Morgan fingerprint density at radius 1 is 1.12 bits per heavy atom. The van der Waals surface area contributed by atoms with Gasteiger partial charge in [-0.15, -0.1) is 0 Å². The zero-order valence-corrected chi connectivity index (χ0v) is 18.7. The van der Waals surface area contributed by atoms with Crippen LogP contribution in [0.2, 0.25) is 0 Å². The van der Waals surface area contributed by atoms with E-state index in [0.717, 1.165) is 64.3 Å². The molecular formula is C24H31N7O2. The molecule has 0 bridgehead atoms. The van der Waals surface area contributed by atoms with Gasteiger partial charge in [-0.05, 0) is 53.9 Å². The number of nitrogens with two attached hydrogens (primary N) is 1. The van der Waals surface area contributed by atoms with E-state index in [1.165, 1.54) is 10.1 Å². The maximum Gasteiger partial charge on any atom is 0.354 e. The van der Waals surface area contributed by atoms with Crippen LogP contribution >= 0.6 is 0 Å². The van der Waals surface area contributed by atoms with Gasteiger partial charge in [-0.3, -0.25) is 14.8 Å². The molecule has 174 valence electrons. The zero-order valence-electron chi connectivity index (χ0n) is 18.7. The van der Waals surface area contributed by atoms with Crippen LogP contribution in [0.25, 0.3) is 5.69 Å². The number of nitrogens with zero attached hydrogens (tertiary/aromatic N) is 4. The number of carbonyl (C=O) groups excluding carboxylic acids is 1. The van der Waals surface area contributed by atoms with Crippen molar-refractivity contribution in [2.24, 2.45) is 23.0 Å². The third-order valence-corrected chi connectivity index (χ3v) is 8.11. The molecule has 1 aromatic carbocycles. The second-order valence-electron chi connectivity index (χ2n) is 10.3. The van der Waals surface area contributed by atoms with E-state index >= 15 is 0 Å². The summed E-state index contributed by atoms with van der Waals surface area (Å²) in [6, 6.07) is 9.90. The highest BCUT2D eigenvalue weighted by Gasteiger charge is 2.53. The summed E-state index contributed by atoms with van der Waals surface area (Å²) in [4.78, 5) is 33.6. The normalized spacial score (nSPS) is 27.8. The van der Waals surface area contributed by atoms with Crippen LogP contribution in [-0.4, -0.2) is 70.7 Å². The number of piperidine rings is 2. The van der Waals surface area contributed by atoms with Crippen molar-refractivity contribution in [1.29, 1.82) is 0 Å². The van der Waals surface area contributed by atoms with Gasteiger partial charge in [0.05, 0.1) is 5.69 Å². The molecule has 4 fully saturated rings. The van der Waals surface area contributed by atoms with E-state index < -0.39 is 5.69 Å². The van der Waals surface area contributed by atoms with E-state index in [0.29, 0.717) is 23.3 Å². The third-order valence-electron chi connectivity index (χ3n) is 8.11. The molecule has 2 amide bonds. The van der Waals surface area contributed by atoms with Gasteiger partial charge in [0.25, 0.3) is 0 Å². The molecule has 3 aliphatic heterocycles. The van der Waals surface area contributed by atoms with E-state index in [1.807, 2.05) is 17.0 Å². The zero-order chi connectivity index (χ0) is 22.6. The van der Waals surface area contributed by atoms with Crippen LogP contribution in [0.1, 0.15) is 18.4 Å². The summed E-state index contributed by atoms with van der Waals surface area (Å²) in [6.45, 7) is 6.66. The van der Waals surface area contributed by atoms with Crippen molar-refractivity contribution >= 4 is 11.8 Å². The van der Waals surface area contributed by atoms with Crippen molar-refractivity contribution in [3.8, 4) is 5.69 Å². The highest BCUT2D eigenvalue weighted by atomic mass is 16.2. The Morgan fingerprint density at radius 3 is 2.42 bits per heavy atom. The molecule has 3 saturated heterocycles. The van der Waals surface area contributed by atoms with E-state index in [-0.39, 0.29) is 11.8 Å². The molecule has 1 aliphatic carbocycles. The molecule has 1 unspecified atom stereocenters. The first-order valence-electron chi connectivity index (χ1n) is 11.9. The van der Waals surface area contributed by atoms with Crippen LogP contribution in [0.5, 0.6) is 0 Å². The number of likely N-dealkylation sites (tertiary alicyclic amines) is 2. The first-order chi connectivity index (χ1) is 16.0. The summed E-state index contributed by atoms with van der Waals surface area (Å²) in [5, 5.41) is 6.12. The van der Waals surface area contributed by atoms with Gasteiger partial charge < -0.3 is 16.0 Å². The maximum absolute atomic E-state index is 12.6. The molecule has 4 aliphatic rings. The summed E-state index contributed by atoms with van der Waals surface area (Å²) in [7, 11) is 0. The SMILES string of the molecule is NC1[C@H]2CN(Cc3ccc(-n4ccc(NC(=O)N5CCC6(CC5)CNC6)nc4=O)cc3)C[C@@H]12. The van der Waals surface area contributed by atoms with Crippen LogP contribution in [-0.2, 0) is 6.54 Å². The Bertz CT molecular complexity index is 1090. The molecule has 4 heterocycles. The van der Waals surface area contributed by atoms with Crippen LogP contribution in [0.4, 0.5) is 10.6 Å². The number of anilines is 1. The van der Waals surface area contributed by atoms with Crippen molar-refractivity contribution in [3.63, 3.8) is 0 Å². The molecule has 0 radical (unpaired) electrons. The lowest BCUT2D eigenvalue weighted by Crippen LogP contribution is -2.59. The predicted octanol–water partition coefficient (Wildman–Crippen LogP) is 0.839. The van der Waals surface area contributed by atoms with Crippen LogP contribution < -0.4 is 22.1 Å². The Balaban J connectivity index is 1.06. The van der Waals surface area contributed by atoms with Crippen molar-refractivity contribution < 1.29 is 4.79 Å². The van der Waals surface area contributed by atoms with E-state index in [2.05, 4.69) is 32.7 Å². The minimum absolute atomic E-state index is 0.188. The van der Waals surface area contributed by atoms with Gasteiger partial charge in [-0.25, -0.2) is 9.59 Å². The number of carbonyl (C=O) groups is 1. The first kappa shape index (κ1) is 20.8. The highest BCUT2D eigenvalue weighted by molar-refractivity contribution is 5.88. The number of hydrogen-bond acceptors (Lipinski definition) is 6. The molecule has 3 atom stereocenters. The average Bonchev–Trinajstić information content (AvgIpc) is 3.18.